The molecular formula is C17H9F5N2O2. The van der Waals surface area contributed by atoms with E-state index in [-0.39, 0.29) is 5.52 Å². The van der Waals surface area contributed by atoms with Gasteiger partial charge in [-0.25, -0.2) is 8.78 Å². The van der Waals surface area contributed by atoms with Gasteiger partial charge in [-0.15, -0.1) is 0 Å². The quantitative estimate of drug-likeness (QED) is 0.670. The molecule has 4 nitrogen and oxygen atoms in total. The lowest BCUT2D eigenvalue weighted by molar-refractivity contribution is -0.136. The number of amides is 1. The highest BCUT2D eigenvalue weighted by atomic mass is 19.4. The van der Waals surface area contributed by atoms with E-state index in [1.807, 2.05) is 5.32 Å². The average molecular weight is 368 g/mol. The third kappa shape index (κ3) is 3.15. The van der Waals surface area contributed by atoms with Gasteiger partial charge in [0.25, 0.3) is 5.91 Å². The van der Waals surface area contributed by atoms with Crippen molar-refractivity contribution in [3.63, 3.8) is 0 Å². The number of H-pyrrole nitrogens is 1. The van der Waals surface area contributed by atoms with Crippen LogP contribution in [0.2, 0.25) is 0 Å². The molecule has 0 radical (unpaired) electrons. The summed E-state index contributed by atoms with van der Waals surface area (Å²) in [7, 11) is 0. The summed E-state index contributed by atoms with van der Waals surface area (Å²) in [6.07, 6.45) is -3.83. The summed E-state index contributed by atoms with van der Waals surface area (Å²) in [6.45, 7) is 0. The first-order valence-corrected chi connectivity index (χ1v) is 7.16. The molecule has 3 aromatic rings. The Kier molecular flexibility index (Phi) is 4.23. The van der Waals surface area contributed by atoms with Crippen LogP contribution >= 0.6 is 0 Å². The molecule has 2 N–H and O–H groups in total. The van der Waals surface area contributed by atoms with Crippen LogP contribution in [0.15, 0.2) is 47.4 Å². The molecule has 0 atom stereocenters. The van der Waals surface area contributed by atoms with Crippen LogP contribution in [0.1, 0.15) is 15.9 Å². The van der Waals surface area contributed by atoms with Crippen LogP contribution in [0.4, 0.5) is 27.6 Å². The van der Waals surface area contributed by atoms with Crippen LogP contribution in [0.5, 0.6) is 0 Å². The van der Waals surface area contributed by atoms with Crippen LogP contribution in [0, 0.1) is 11.6 Å². The van der Waals surface area contributed by atoms with Crippen molar-refractivity contribution in [3.8, 4) is 0 Å². The van der Waals surface area contributed by atoms with Crippen molar-refractivity contribution in [1.82, 2.24) is 4.98 Å². The number of aromatic nitrogens is 1. The van der Waals surface area contributed by atoms with Gasteiger partial charge in [0, 0.05) is 12.3 Å². The van der Waals surface area contributed by atoms with Crippen LogP contribution in [0.25, 0.3) is 10.9 Å². The predicted octanol–water partition coefficient (Wildman–Crippen LogP) is 4.08. The number of carbonyl (C=O) groups is 1. The molecule has 3 rings (SSSR count). The first-order valence-electron chi connectivity index (χ1n) is 7.16. The van der Waals surface area contributed by atoms with Gasteiger partial charge in [0.1, 0.15) is 17.2 Å². The Labute approximate surface area is 142 Å². The van der Waals surface area contributed by atoms with E-state index in [0.29, 0.717) is 6.07 Å². The molecule has 26 heavy (non-hydrogen) atoms. The minimum absolute atomic E-state index is 0.181. The number of nitrogens with one attached hydrogen (secondary N) is 2. The number of para-hydroxylation sites is 1. The lowest BCUT2D eigenvalue weighted by Gasteiger charge is -2.13. The maximum atomic E-state index is 13.9. The number of rotatable bonds is 2. The summed E-state index contributed by atoms with van der Waals surface area (Å²) in [5, 5.41) is 1.43. The van der Waals surface area contributed by atoms with E-state index < -0.39 is 51.3 Å². The monoisotopic (exact) mass is 368 g/mol. The van der Waals surface area contributed by atoms with E-state index in [2.05, 4.69) is 4.98 Å². The number of alkyl halides is 3. The summed E-state index contributed by atoms with van der Waals surface area (Å²) in [4.78, 5) is 26.9. The van der Waals surface area contributed by atoms with Gasteiger partial charge in [0.15, 0.2) is 0 Å². The molecule has 0 aliphatic rings. The minimum atomic E-state index is -4.72. The standard InChI is InChI=1S/C17H9F5N2O2/c18-8-5-11(19)14-13(6-8)23-7-9(15(14)25)16(26)24-12-4-2-1-3-10(12)17(20,21)22/h1-7H,(H,23,25)(H,24,26). The highest BCUT2D eigenvalue weighted by molar-refractivity contribution is 6.06. The number of carbonyl (C=O) groups excluding carboxylic acids is 1. The number of aromatic amines is 1. The summed E-state index contributed by atoms with van der Waals surface area (Å²) < 4.78 is 66.0. The third-order valence-corrected chi connectivity index (χ3v) is 3.62. The Bertz CT molecular complexity index is 1070. The maximum absolute atomic E-state index is 13.9. The molecular weight excluding hydrogens is 359 g/mol. The van der Waals surface area contributed by atoms with E-state index in [1.165, 1.54) is 6.07 Å². The molecule has 0 bridgehead atoms. The van der Waals surface area contributed by atoms with Crippen molar-refractivity contribution >= 4 is 22.5 Å². The van der Waals surface area contributed by atoms with E-state index >= 15 is 0 Å². The maximum Gasteiger partial charge on any atom is 0.418 e. The fourth-order valence-electron chi connectivity index (χ4n) is 2.47. The summed E-state index contributed by atoms with van der Waals surface area (Å²) in [5.74, 6) is -3.28. The molecule has 0 fully saturated rings. The molecule has 0 spiro atoms. The van der Waals surface area contributed by atoms with Gasteiger partial charge in [0.05, 0.1) is 22.2 Å². The number of fused-ring (bicyclic) bond motifs is 1. The second kappa shape index (κ2) is 6.25. The highest BCUT2D eigenvalue weighted by Crippen LogP contribution is 2.34. The van der Waals surface area contributed by atoms with E-state index in [1.54, 1.807) is 0 Å². The van der Waals surface area contributed by atoms with Gasteiger partial charge in [-0.05, 0) is 18.2 Å². The summed E-state index contributed by atoms with van der Waals surface area (Å²) in [5.41, 5.74) is -3.51. The number of benzene rings is 2. The molecule has 9 heteroatoms. The van der Waals surface area contributed by atoms with Crippen molar-refractivity contribution < 1.29 is 26.7 Å². The van der Waals surface area contributed by atoms with Gasteiger partial charge >= 0.3 is 6.18 Å². The van der Waals surface area contributed by atoms with Crippen LogP contribution in [-0.4, -0.2) is 10.9 Å². The van der Waals surface area contributed by atoms with Crippen LogP contribution < -0.4 is 10.7 Å². The number of pyridine rings is 1. The van der Waals surface area contributed by atoms with E-state index in [4.69, 9.17) is 0 Å². The summed E-state index contributed by atoms with van der Waals surface area (Å²) in [6, 6.07) is 5.54. The Morgan fingerprint density at radius 2 is 1.77 bits per heavy atom. The van der Waals surface area contributed by atoms with Crippen LogP contribution in [0.3, 0.4) is 0 Å². The zero-order valence-electron chi connectivity index (χ0n) is 12.7. The molecule has 0 saturated heterocycles. The zero-order valence-corrected chi connectivity index (χ0v) is 12.7. The van der Waals surface area contributed by atoms with Gasteiger partial charge in [-0.3, -0.25) is 9.59 Å². The number of halogens is 5. The van der Waals surface area contributed by atoms with Crippen molar-refractivity contribution in [2.75, 3.05) is 5.32 Å². The van der Waals surface area contributed by atoms with Crippen molar-refractivity contribution in [2.24, 2.45) is 0 Å². The SMILES string of the molecule is O=C(Nc1ccccc1C(F)(F)F)c1c[nH]c2cc(F)cc(F)c2c1=O. The second-order valence-corrected chi connectivity index (χ2v) is 5.34. The minimum Gasteiger partial charge on any atom is -0.360 e. The fraction of sp³-hybridized carbons (Fsp3) is 0.0588. The Morgan fingerprint density at radius 3 is 2.46 bits per heavy atom. The molecule has 2 aromatic carbocycles. The van der Waals surface area contributed by atoms with Crippen molar-refractivity contribution in [1.29, 1.82) is 0 Å². The lowest BCUT2D eigenvalue weighted by atomic mass is 10.1. The molecule has 1 aromatic heterocycles. The summed E-state index contributed by atoms with van der Waals surface area (Å²) >= 11 is 0. The molecule has 0 saturated carbocycles. The third-order valence-electron chi connectivity index (χ3n) is 3.62. The number of hydrogen-bond donors (Lipinski definition) is 2. The zero-order chi connectivity index (χ0) is 19.1. The lowest BCUT2D eigenvalue weighted by Crippen LogP contribution is -2.24. The van der Waals surface area contributed by atoms with Gasteiger partial charge in [-0.2, -0.15) is 13.2 Å². The largest absolute Gasteiger partial charge is 0.418 e. The number of anilines is 1. The van der Waals surface area contributed by atoms with Crippen LogP contribution in [-0.2, 0) is 6.18 Å². The first kappa shape index (κ1) is 17.6. The predicted molar refractivity (Wildman–Crippen MR) is 83.9 cm³/mol. The first-order chi connectivity index (χ1) is 12.2. The smallest absolute Gasteiger partial charge is 0.360 e. The normalized spacial score (nSPS) is 11.6. The molecule has 0 aliphatic carbocycles. The Balaban J connectivity index is 2.05. The number of hydrogen-bond acceptors (Lipinski definition) is 2. The van der Waals surface area contributed by atoms with Gasteiger partial charge in [-0.1, -0.05) is 12.1 Å². The van der Waals surface area contributed by atoms with Gasteiger partial charge in [0.2, 0.25) is 5.43 Å². The molecule has 0 unspecified atom stereocenters. The Morgan fingerprint density at radius 1 is 1.08 bits per heavy atom. The van der Waals surface area contributed by atoms with Gasteiger partial charge < -0.3 is 10.3 Å². The Hall–Kier alpha value is -3.23. The van der Waals surface area contributed by atoms with E-state index in [0.717, 1.165) is 30.5 Å². The molecule has 1 amide bonds. The fourth-order valence-corrected chi connectivity index (χ4v) is 2.47. The second-order valence-electron chi connectivity index (χ2n) is 5.34. The molecule has 134 valence electrons. The molecule has 1 heterocycles. The highest BCUT2D eigenvalue weighted by Gasteiger charge is 2.33. The van der Waals surface area contributed by atoms with Crippen molar-refractivity contribution in [3.05, 3.63) is 75.6 Å². The topological polar surface area (TPSA) is 62.0 Å². The van der Waals surface area contributed by atoms with Crippen molar-refractivity contribution in [2.45, 2.75) is 6.18 Å². The van der Waals surface area contributed by atoms with E-state index in [9.17, 15) is 31.5 Å². The molecule has 0 aliphatic heterocycles. The average Bonchev–Trinajstić information content (AvgIpc) is 2.53.